The maximum Gasteiger partial charge on any atom is 0.120 e. The van der Waals surface area contributed by atoms with E-state index in [0.717, 1.165) is 21.9 Å². The maximum absolute atomic E-state index is 9.96. The average molecular weight is 321 g/mol. The molecule has 1 aromatic carbocycles. The van der Waals surface area contributed by atoms with E-state index in [1.54, 1.807) is 0 Å². The molecule has 5 nitrogen and oxygen atoms in total. The molecule has 0 amide bonds. The van der Waals surface area contributed by atoms with Crippen molar-refractivity contribution in [1.29, 1.82) is 0 Å². The monoisotopic (exact) mass is 321 g/mol. The highest BCUT2D eigenvalue weighted by molar-refractivity contribution is 7.05. The number of benzene rings is 1. The second-order valence-electron chi connectivity index (χ2n) is 6.30. The summed E-state index contributed by atoms with van der Waals surface area (Å²) in [6.07, 6.45) is -0.550. The van der Waals surface area contributed by atoms with Crippen LogP contribution in [0.3, 0.4) is 0 Å². The summed E-state index contributed by atoms with van der Waals surface area (Å²) in [6, 6.07) is 7.70. The van der Waals surface area contributed by atoms with Gasteiger partial charge in [0, 0.05) is 17.6 Å². The second kappa shape index (κ2) is 7.17. The highest BCUT2D eigenvalue weighted by Gasteiger charge is 2.13. The Morgan fingerprint density at radius 3 is 2.77 bits per heavy atom. The van der Waals surface area contributed by atoms with Crippen molar-refractivity contribution in [3.8, 4) is 17.0 Å². The van der Waals surface area contributed by atoms with Gasteiger partial charge >= 0.3 is 0 Å². The fraction of sp³-hybridized carbons (Fsp3) is 0.500. The standard InChI is InChI=1S/C16H23N3O2S/c1-11-15(18-19-22-11)12-6-5-7-14(8-12)21-10-13(20)9-17-16(2,3)4/h5-8,13,17,20H,9-10H2,1-4H3. The van der Waals surface area contributed by atoms with Gasteiger partial charge < -0.3 is 15.2 Å². The van der Waals surface area contributed by atoms with Crippen molar-refractivity contribution in [3.05, 3.63) is 29.1 Å². The zero-order chi connectivity index (χ0) is 16.2. The van der Waals surface area contributed by atoms with E-state index in [9.17, 15) is 5.11 Å². The number of aryl methyl sites for hydroxylation is 1. The molecule has 0 aliphatic rings. The molecule has 1 atom stereocenters. The Hall–Kier alpha value is -1.50. The number of aromatic nitrogens is 2. The molecule has 0 spiro atoms. The molecule has 0 aliphatic heterocycles. The van der Waals surface area contributed by atoms with E-state index in [1.807, 2.05) is 31.2 Å². The minimum absolute atomic E-state index is 0.0178. The van der Waals surface area contributed by atoms with Crippen molar-refractivity contribution >= 4 is 11.5 Å². The third-order valence-electron chi connectivity index (χ3n) is 3.07. The summed E-state index contributed by atoms with van der Waals surface area (Å²) in [4.78, 5) is 1.08. The molecule has 0 radical (unpaired) electrons. The van der Waals surface area contributed by atoms with E-state index >= 15 is 0 Å². The molecule has 0 bridgehead atoms. The van der Waals surface area contributed by atoms with Crippen molar-refractivity contribution < 1.29 is 9.84 Å². The molecule has 1 unspecified atom stereocenters. The van der Waals surface area contributed by atoms with Crippen LogP contribution in [0.5, 0.6) is 5.75 Å². The average Bonchev–Trinajstić information content (AvgIpc) is 2.89. The fourth-order valence-electron chi connectivity index (χ4n) is 1.91. The van der Waals surface area contributed by atoms with Crippen molar-refractivity contribution in [2.45, 2.75) is 39.3 Å². The summed E-state index contributed by atoms with van der Waals surface area (Å²) in [5.74, 6) is 0.722. The van der Waals surface area contributed by atoms with Crippen LogP contribution in [0, 0.1) is 6.92 Å². The molecule has 0 saturated carbocycles. The zero-order valence-electron chi connectivity index (χ0n) is 13.5. The summed E-state index contributed by atoms with van der Waals surface area (Å²) in [6.45, 7) is 8.94. The van der Waals surface area contributed by atoms with Crippen LogP contribution in [0.4, 0.5) is 0 Å². The normalized spacial score (nSPS) is 13.1. The summed E-state index contributed by atoms with van der Waals surface area (Å²) in [7, 11) is 0. The Balaban J connectivity index is 1.93. The van der Waals surface area contributed by atoms with Crippen LogP contribution in [0.25, 0.3) is 11.3 Å². The van der Waals surface area contributed by atoms with Gasteiger partial charge in [0.25, 0.3) is 0 Å². The Morgan fingerprint density at radius 2 is 2.14 bits per heavy atom. The van der Waals surface area contributed by atoms with Crippen molar-refractivity contribution in [1.82, 2.24) is 14.9 Å². The van der Waals surface area contributed by atoms with Crippen LogP contribution in [0.15, 0.2) is 24.3 Å². The lowest BCUT2D eigenvalue weighted by atomic mass is 10.1. The van der Waals surface area contributed by atoms with Crippen LogP contribution >= 0.6 is 11.5 Å². The fourth-order valence-corrected chi connectivity index (χ4v) is 2.40. The van der Waals surface area contributed by atoms with Gasteiger partial charge in [0.05, 0.1) is 4.88 Å². The minimum Gasteiger partial charge on any atom is -0.491 e. The van der Waals surface area contributed by atoms with E-state index in [4.69, 9.17) is 4.74 Å². The number of hydrogen-bond donors (Lipinski definition) is 2. The summed E-state index contributed by atoms with van der Waals surface area (Å²) in [5, 5.41) is 17.3. The second-order valence-corrected chi connectivity index (χ2v) is 7.26. The number of hydrogen-bond acceptors (Lipinski definition) is 6. The maximum atomic E-state index is 9.96. The molecule has 2 aromatic rings. The molecule has 0 aliphatic carbocycles. The molecular formula is C16H23N3O2S. The summed E-state index contributed by atoms with van der Waals surface area (Å²) < 4.78 is 9.63. The number of rotatable bonds is 6. The van der Waals surface area contributed by atoms with Crippen LogP contribution in [-0.4, -0.2) is 39.5 Å². The first-order chi connectivity index (χ1) is 10.3. The predicted molar refractivity (Wildman–Crippen MR) is 89.3 cm³/mol. The number of aliphatic hydroxyl groups excluding tert-OH is 1. The number of β-amino-alcohol motifs (C(OH)–C–C–N with tert-alkyl or cyclic N) is 1. The third-order valence-corrected chi connectivity index (χ3v) is 3.70. The Kier molecular flexibility index (Phi) is 5.50. The number of nitrogens with zero attached hydrogens (tertiary/aromatic N) is 2. The van der Waals surface area contributed by atoms with Crippen LogP contribution in [0.1, 0.15) is 25.6 Å². The molecular weight excluding hydrogens is 298 g/mol. The Morgan fingerprint density at radius 1 is 1.36 bits per heavy atom. The first kappa shape index (κ1) is 16.9. The van der Waals surface area contributed by atoms with Gasteiger partial charge in [-0.3, -0.25) is 0 Å². The molecule has 1 aromatic heterocycles. The lowest BCUT2D eigenvalue weighted by molar-refractivity contribution is 0.100. The van der Waals surface area contributed by atoms with Gasteiger partial charge in [0.15, 0.2) is 0 Å². The van der Waals surface area contributed by atoms with Gasteiger partial charge in [-0.25, -0.2) is 0 Å². The Bertz CT molecular complexity index is 607. The molecule has 120 valence electrons. The first-order valence-corrected chi connectivity index (χ1v) is 8.08. The number of aliphatic hydroxyl groups is 1. The highest BCUT2D eigenvalue weighted by atomic mass is 32.1. The zero-order valence-corrected chi connectivity index (χ0v) is 14.3. The number of nitrogens with one attached hydrogen (secondary N) is 1. The molecule has 2 rings (SSSR count). The Labute approximate surface area is 135 Å². The van der Waals surface area contributed by atoms with Crippen molar-refractivity contribution in [2.24, 2.45) is 0 Å². The van der Waals surface area contributed by atoms with E-state index in [0.29, 0.717) is 6.54 Å². The highest BCUT2D eigenvalue weighted by Crippen LogP contribution is 2.26. The molecule has 2 N–H and O–H groups in total. The topological polar surface area (TPSA) is 67.3 Å². The van der Waals surface area contributed by atoms with E-state index in [1.165, 1.54) is 11.5 Å². The molecule has 0 fully saturated rings. The summed E-state index contributed by atoms with van der Waals surface area (Å²) >= 11 is 1.38. The smallest absolute Gasteiger partial charge is 0.120 e. The summed E-state index contributed by atoms with van der Waals surface area (Å²) in [5.41, 5.74) is 1.84. The minimum atomic E-state index is -0.550. The van der Waals surface area contributed by atoms with Gasteiger partial charge in [0.2, 0.25) is 0 Å². The largest absolute Gasteiger partial charge is 0.491 e. The van der Waals surface area contributed by atoms with Crippen LogP contribution in [-0.2, 0) is 0 Å². The van der Waals surface area contributed by atoms with Crippen LogP contribution < -0.4 is 10.1 Å². The molecule has 1 heterocycles. The molecule has 22 heavy (non-hydrogen) atoms. The molecule has 6 heteroatoms. The lowest BCUT2D eigenvalue weighted by Crippen LogP contribution is -2.42. The van der Waals surface area contributed by atoms with Gasteiger partial charge in [-0.2, -0.15) is 0 Å². The third kappa shape index (κ3) is 5.05. The van der Waals surface area contributed by atoms with Crippen LogP contribution in [0.2, 0.25) is 0 Å². The number of ether oxygens (including phenoxy) is 1. The van der Waals surface area contributed by atoms with E-state index in [-0.39, 0.29) is 12.1 Å². The lowest BCUT2D eigenvalue weighted by Gasteiger charge is -2.23. The van der Waals surface area contributed by atoms with E-state index < -0.39 is 6.10 Å². The first-order valence-electron chi connectivity index (χ1n) is 7.30. The van der Waals surface area contributed by atoms with E-state index in [2.05, 4.69) is 35.7 Å². The predicted octanol–water partition coefficient (Wildman–Crippen LogP) is 2.64. The van der Waals surface area contributed by atoms with Gasteiger partial charge in [-0.1, -0.05) is 16.6 Å². The van der Waals surface area contributed by atoms with Gasteiger partial charge in [-0.15, -0.1) is 5.10 Å². The van der Waals surface area contributed by atoms with Crippen molar-refractivity contribution in [2.75, 3.05) is 13.2 Å². The SMILES string of the molecule is Cc1snnc1-c1cccc(OCC(O)CNC(C)(C)C)c1. The van der Waals surface area contributed by atoms with Crippen molar-refractivity contribution in [3.63, 3.8) is 0 Å². The van der Waals surface area contributed by atoms with Gasteiger partial charge in [0.1, 0.15) is 24.2 Å². The molecule has 0 saturated heterocycles. The van der Waals surface area contributed by atoms with Gasteiger partial charge in [-0.05, 0) is 51.4 Å². The quantitative estimate of drug-likeness (QED) is 0.856.